The lowest BCUT2D eigenvalue weighted by molar-refractivity contribution is -0.163. The van der Waals surface area contributed by atoms with Gasteiger partial charge in [0.25, 0.3) is 0 Å². The third kappa shape index (κ3) is 35.7. The molecule has 8 nitrogen and oxygen atoms in total. The SMILES string of the molecule is CCCC/C=C\CCCCCCCC(=O)OCC(COC(=O)CCCCCCC/C=C\CCCC)(COC(=O)CCCCCCC/C=C\CCCC)CN(C)CCN1CCC1. The quantitative estimate of drug-likeness (QED) is 0.0259. The normalized spacial score (nSPS) is 13.5. The van der Waals surface area contributed by atoms with E-state index in [2.05, 4.69) is 74.1 Å². The Balaban J connectivity index is 2.77. The summed E-state index contributed by atoms with van der Waals surface area (Å²) in [5.41, 5.74) is -0.857. The second kappa shape index (κ2) is 41.6. The molecule has 1 fully saturated rings. The molecule has 354 valence electrons. The molecule has 1 heterocycles. The number of allylic oxidation sites excluding steroid dienone is 6. The average Bonchev–Trinajstić information content (AvgIpc) is 3.23. The number of likely N-dealkylation sites (tertiary alicyclic amines) is 1. The van der Waals surface area contributed by atoms with Gasteiger partial charge in [0.1, 0.15) is 19.8 Å². The standard InChI is InChI=1S/C53H96N2O6/c1-5-8-11-14-17-20-23-26-29-32-35-39-50(56)59-47-53(46-54(4)44-45-55-42-38-43-55,48-60-51(57)40-36-33-30-27-24-21-18-15-12-9-6-2)49-61-52(58)41-37-34-31-28-25-22-19-16-13-10-7-3/h14-19H,5-13,20-49H2,1-4H3/b17-14-,18-15-,19-16-. The maximum Gasteiger partial charge on any atom is 0.305 e. The van der Waals surface area contributed by atoms with E-state index in [0.717, 1.165) is 103 Å². The van der Waals surface area contributed by atoms with Gasteiger partial charge in [-0.2, -0.15) is 0 Å². The smallest absolute Gasteiger partial charge is 0.305 e. The summed E-state index contributed by atoms with van der Waals surface area (Å²) in [6.07, 6.45) is 46.4. The zero-order valence-corrected chi connectivity index (χ0v) is 40.4. The number of nitrogens with zero attached hydrogens (tertiary/aromatic N) is 2. The topological polar surface area (TPSA) is 85.4 Å². The molecule has 8 heteroatoms. The molecular formula is C53H96N2O6. The highest BCUT2D eigenvalue weighted by atomic mass is 16.6. The minimum absolute atomic E-state index is 0.0462. The van der Waals surface area contributed by atoms with Gasteiger partial charge in [0.15, 0.2) is 0 Å². The van der Waals surface area contributed by atoms with Gasteiger partial charge in [-0.3, -0.25) is 14.4 Å². The number of hydrogen-bond donors (Lipinski definition) is 0. The van der Waals surface area contributed by atoms with Crippen molar-refractivity contribution in [3.8, 4) is 0 Å². The molecule has 0 aromatic rings. The monoisotopic (exact) mass is 857 g/mol. The summed E-state index contributed by atoms with van der Waals surface area (Å²) in [6.45, 7) is 11.3. The first-order valence-electron chi connectivity index (χ1n) is 25.7. The molecule has 0 spiro atoms. The highest BCUT2D eigenvalue weighted by Crippen LogP contribution is 2.24. The fourth-order valence-corrected chi connectivity index (χ4v) is 7.61. The third-order valence-electron chi connectivity index (χ3n) is 11.9. The van der Waals surface area contributed by atoms with E-state index in [-0.39, 0.29) is 37.7 Å². The van der Waals surface area contributed by atoms with Crippen molar-refractivity contribution in [2.45, 2.75) is 220 Å². The molecule has 0 N–H and O–H groups in total. The molecule has 61 heavy (non-hydrogen) atoms. The van der Waals surface area contributed by atoms with E-state index in [1.54, 1.807) is 0 Å². The van der Waals surface area contributed by atoms with E-state index >= 15 is 0 Å². The molecule has 1 saturated heterocycles. The lowest BCUT2D eigenvalue weighted by Crippen LogP contribution is -2.49. The molecule has 0 aliphatic carbocycles. The van der Waals surface area contributed by atoms with Crippen LogP contribution in [0.25, 0.3) is 0 Å². The zero-order valence-electron chi connectivity index (χ0n) is 40.4. The molecule has 0 aromatic carbocycles. The van der Waals surface area contributed by atoms with Gasteiger partial charge in [-0.1, -0.05) is 154 Å². The largest absolute Gasteiger partial charge is 0.465 e. The van der Waals surface area contributed by atoms with Crippen LogP contribution in [-0.4, -0.2) is 87.3 Å². The Morgan fingerprint density at radius 3 is 1.10 bits per heavy atom. The molecule has 1 aliphatic rings. The number of likely N-dealkylation sites (N-methyl/N-ethyl adjacent to an activating group) is 1. The minimum atomic E-state index is -0.857. The number of carbonyl (C=O) groups is 3. The van der Waals surface area contributed by atoms with Crippen LogP contribution in [0, 0.1) is 5.41 Å². The molecule has 0 atom stereocenters. The van der Waals surface area contributed by atoms with Gasteiger partial charge in [0.05, 0.1) is 5.41 Å². The van der Waals surface area contributed by atoms with Crippen molar-refractivity contribution in [1.82, 2.24) is 9.80 Å². The summed E-state index contributed by atoms with van der Waals surface area (Å²) < 4.78 is 18.0. The van der Waals surface area contributed by atoms with Crippen molar-refractivity contribution < 1.29 is 28.6 Å². The summed E-state index contributed by atoms with van der Waals surface area (Å²) >= 11 is 0. The number of rotatable bonds is 44. The highest BCUT2D eigenvalue weighted by Gasteiger charge is 2.37. The van der Waals surface area contributed by atoms with E-state index < -0.39 is 5.41 Å². The molecule has 0 saturated carbocycles. The Bertz CT molecular complexity index is 1010. The lowest BCUT2D eigenvalue weighted by atomic mass is 9.90. The number of hydrogen-bond acceptors (Lipinski definition) is 8. The Hall–Kier alpha value is -2.45. The first-order chi connectivity index (χ1) is 29.8. The Morgan fingerprint density at radius 1 is 0.475 bits per heavy atom. The maximum atomic E-state index is 13.2. The van der Waals surface area contributed by atoms with Crippen LogP contribution in [0.2, 0.25) is 0 Å². The lowest BCUT2D eigenvalue weighted by Gasteiger charge is -2.37. The van der Waals surface area contributed by atoms with Crippen LogP contribution in [0.3, 0.4) is 0 Å². The van der Waals surface area contributed by atoms with Crippen molar-refractivity contribution in [3.63, 3.8) is 0 Å². The number of unbranched alkanes of at least 4 members (excludes halogenated alkanes) is 21. The predicted octanol–water partition coefficient (Wildman–Crippen LogP) is 13.7. The molecule has 0 bridgehead atoms. The van der Waals surface area contributed by atoms with Crippen molar-refractivity contribution in [2.24, 2.45) is 5.41 Å². The number of ether oxygens (including phenoxy) is 3. The first-order valence-corrected chi connectivity index (χ1v) is 25.7. The minimum Gasteiger partial charge on any atom is -0.465 e. The van der Waals surface area contributed by atoms with E-state index in [9.17, 15) is 14.4 Å². The average molecular weight is 857 g/mol. The van der Waals surface area contributed by atoms with E-state index in [0.29, 0.717) is 25.8 Å². The Kier molecular flexibility index (Phi) is 38.5. The van der Waals surface area contributed by atoms with Crippen LogP contribution in [0.5, 0.6) is 0 Å². The van der Waals surface area contributed by atoms with Gasteiger partial charge < -0.3 is 24.0 Å². The van der Waals surface area contributed by atoms with Crippen LogP contribution in [0.1, 0.15) is 220 Å². The summed E-state index contributed by atoms with van der Waals surface area (Å²) in [4.78, 5) is 44.1. The first kappa shape index (κ1) is 56.6. The molecule has 1 aliphatic heterocycles. The van der Waals surface area contributed by atoms with Crippen LogP contribution in [0.15, 0.2) is 36.5 Å². The Morgan fingerprint density at radius 2 is 0.787 bits per heavy atom. The summed E-state index contributed by atoms with van der Waals surface area (Å²) in [7, 11) is 2.06. The number of carbonyl (C=O) groups excluding carboxylic acids is 3. The summed E-state index contributed by atoms with van der Waals surface area (Å²) in [6, 6.07) is 0. The van der Waals surface area contributed by atoms with Crippen molar-refractivity contribution in [1.29, 1.82) is 0 Å². The molecule has 0 radical (unpaired) electrons. The molecule has 0 amide bonds. The van der Waals surface area contributed by atoms with Gasteiger partial charge in [0, 0.05) is 38.9 Å². The molecule has 0 unspecified atom stereocenters. The second-order valence-electron chi connectivity index (χ2n) is 18.2. The van der Waals surface area contributed by atoms with E-state index in [1.165, 1.54) is 103 Å². The van der Waals surface area contributed by atoms with Gasteiger partial charge in [-0.05, 0) is 104 Å². The van der Waals surface area contributed by atoms with Gasteiger partial charge in [-0.25, -0.2) is 0 Å². The van der Waals surface area contributed by atoms with Crippen LogP contribution in [-0.2, 0) is 28.6 Å². The third-order valence-corrected chi connectivity index (χ3v) is 11.9. The second-order valence-corrected chi connectivity index (χ2v) is 18.2. The van der Waals surface area contributed by atoms with Gasteiger partial charge >= 0.3 is 17.9 Å². The molecule has 1 rings (SSSR count). The zero-order chi connectivity index (χ0) is 44.3. The highest BCUT2D eigenvalue weighted by molar-refractivity contribution is 5.70. The van der Waals surface area contributed by atoms with Crippen molar-refractivity contribution in [3.05, 3.63) is 36.5 Å². The van der Waals surface area contributed by atoms with Crippen LogP contribution >= 0.6 is 0 Å². The fourth-order valence-electron chi connectivity index (χ4n) is 7.61. The molecular weight excluding hydrogens is 761 g/mol. The van der Waals surface area contributed by atoms with Gasteiger partial charge in [0.2, 0.25) is 0 Å². The fraction of sp³-hybridized carbons (Fsp3) is 0.830. The van der Waals surface area contributed by atoms with Crippen molar-refractivity contribution >= 4 is 17.9 Å². The summed E-state index contributed by atoms with van der Waals surface area (Å²) in [5, 5.41) is 0. The van der Waals surface area contributed by atoms with Crippen LogP contribution < -0.4 is 0 Å². The molecule has 0 aromatic heterocycles. The predicted molar refractivity (Wildman–Crippen MR) is 257 cm³/mol. The summed E-state index contributed by atoms with van der Waals surface area (Å²) in [5.74, 6) is -0.717. The van der Waals surface area contributed by atoms with E-state index in [1.807, 2.05) is 0 Å². The van der Waals surface area contributed by atoms with Crippen LogP contribution in [0.4, 0.5) is 0 Å². The van der Waals surface area contributed by atoms with E-state index in [4.69, 9.17) is 14.2 Å². The maximum absolute atomic E-state index is 13.2. The van der Waals surface area contributed by atoms with Gasteiger partial charge in [-0.15, -0.1) is 0 Å². The van der Waals surface area contributed by atoms with Crippen molar-refractivity contribution in [2.75, 3.05) is 59.6 Å². The Labute approximate surface area is 376 Å². The number of esters is 3.